The highest BCUT2D eigenvalue weighted by molar-refractivity contribution is 5.87. The Hall–Kier alpha value is -7.18. The van der Waals surface area contributed by atoms with E-state index >= 15 is 0 Å². The summed E-state index contributed by atoms with van der Waals surface area (Å²) in [7, 11) is 0. The van der Waals surface area contributed by atoms with E-state index in [0.29, 0.717) is 12.2 Å². The van der Waals surface area contributed by atoms with Crippen molar-refractivity contribution in [2.75, 3.05) is 6.61 Å². The van der Waals surface area contributed by atoms with E-state index < -0.39 is 0 Å². The summed E-state index contributed by atoms with van der Waals surface area (Å²) in [5, 5.41) is 0. The Morgan fingerprint density at radius 1 is 0.667 bits per heavy atom. The first-order chi connectivity index (χ1) is 20.7. The van der Waals surface area contributed by atoms with Gasteiger partial charge in [-0.3, -0.25) is 4.79 Å². The highest BCUT2D eigenvalue weighted by Crippen LogP contribution is 2.04. The monoisotopic (exact) mass is 536 g/mol. The zero-order valence-corrected chi connectivity index (χ0v) is 23.0. The van der Waals surface area contributed by atoms with E-state index in [1.165, 1.54) is 6.08 Å². The van der Waals surface area contributed by atoms with Crippen LogP contribution in [-0.2, 0) is 9.53 Å². The van der Waals surface area contributed by atoms with Gasteiger partial charge in [-0.05, 0) is 120 Å². The molecule has 3 heteroatoms. The van der Waals surface area contributed by atoms with Crippen LogP contribution in [-0.4, -0.2) is 18.9 Å². The van der Waals surface area contributed by atoms with Crippen LogP contribution in [0.3, 0.4) is 0 Å². The summed E-state index contributed by atoms with van der Waals surface area (Å²) in [6.07, 6.45) is 10.6. The number of carbonyl (C=O) groups is 2. The SMILES string of the molecule is C#CC#CC#CC#CC#CC#CC#CC#CC#CC#CC#CC#CC.CCCCOC(=O)/C=C/c1ccc(C=O)cc1. The summed E-state index contributed by atoms with van der Waals surface area (Å²) >= 11 is 0. The van der Waals surface area contributed by atoms with E-state index in [1.54, 1.807) is 37.3 Å². The number of aldehydes is 1. The van der Waals surface area contributed by atoms with Crippen molar-refractivity contribution in [1.29, 1.82) is 0 Å². The van der Waals surface area contributed by atoms with E-state index in [-0.39, 0.29) is 5.97 Å². The van der Waals surface area contributed by atoms with Gasteiger partial charge in [0.25, 0.3) is 0 Å². The molecule has 1 rings (SSSR count). The molecule has 0 bridgehead atoms. The lowest BCUT2D eigenvalue weighted by atomic mass is 10.1. The third-order valence-corrected chi connectivity index (χ3v) is 3.67. The molecule has 0 heterocycles. The van der Waals surface area contributed by atoms with Gasteiger partial charge in [0.05, 0.1) is 6.61 Å². The van der Waals surface area contributed by atoms with Crippen LogP contribution in [0.25, 0.3) is 6.08 Å². The molecular formula is C39H20O3. The maximum absolute atomic E-state index is 11.2. The van der Waals surface area contributed by atoms with Crippen molar-refractivity contribution in [2.45, 2.75) is 26.7 Å². The van der Waals surface area contributed by atoms with Gasteiger partial charge < -0.3 is 4.74 Å². The van der Waals surface area contributed by atoms with Crippen molar-refractivity contribution in [3.63, 3.8) is 0 Å². The summed E-state index contributed by atoms with van der Waals surface area (Å²) in [5.74, 6) is 56.6. The largest absolute Gasteiger partial charge is 0.463 e. The van der Waals surface area contributed by atoms with Crippen molar-refractivity contribution in [1.82, 2.24) is 0 Å². The minimum Gasteiger partial charge on any atom is -0.463 e. The third kappa shape index (κ3) is 24.5. The number of hydrogen-bond donors (Lipinski definition) is 0. The second kappa shape index (κ2) is 28.4. The molecular weight excluding hydrogens is 516 g/mol. The lowest BCUT2D eigenvalue weighted by Crippen LogP contribution is -2.01. The highest BCUT2D eigenvalue weighted by Gasteiger charge is 1.96. The first kappa shape index (κ1) is 34.8. The topological polar surface area (TPSA) is 43.4 Å². The number of terminal acetylenes is 1. The minimum absolute atomic E-state index is 0.335. The van der Waals surface area contributed by atoms with Crippen LogP contribution in [0.1, 0.15) is 42.6 Å². The number of ether oxygens (including phenoxy) is 1. The molecule has 0 atom stereocenters. The molecule has 0 N–H and O–H groups in total. The van der Waals surface area contributed by atoms with E-state index in [2.05, 4.69) is 136 Å². The van der Waals surface area contributed by atoms with Crippen LogP contribution in [0.2, 0.25) is 0 Å². The predicted molar refractivity (Wildman–Crippen MR) is 167 cm³/mol. The van der Waals surface area contributed by atoms with Gasteiger partial charge in [0.2, 0.25) is 0 Å². The number of hydrogen-bond acceptors (Lipinski definition) is 3. The number of rotatable bonds is 6. The molecule has 0 saturated carbocycles. The Balaban J connectivity index is 0.000000858. The van der Waals surface area contributed by atoms with Gasteiger partial charge in [-0.1, -0.05) is 43.5 Å². The first-order valence-electron chi connectivity index (χ1n) is 11.9. The highest BCUT2D eigenvalue weighted by atomic mass is 16.5. The van der Waals surface area contributed by atoms with Gasteiger partial charge in [0.15, 0.2) is 0 Å². The molecule has 0 spiro atoms. The molecule has 3 nitrogen and oxygen atoms in total. The summed E-state index contributed by atoms with van der Waals surface area (Å²) < 4.78 is 4.97. The van der Waals surface area contributed by atoms with Crippen LogP contribution >= 0.6 is 0 Å². The van der Waals surface area contributed by atoms with Crippen molar-refractivity contribution in [3.05, 3.63) is 41.5 Å². The standard InChI is InChI=1S/C25H4.C14H16O3/c1-3-5-7-9-11-13-15-17-19-21-23-25-24-22-20-18-16-14-12-10-8-6-4-2;1-2-3-10-17-14(16)9-8-12-4-6-13(11-15)7-5-12/h1H,2H3;4-9,11H,2-3,10H2,1H3/b;9-8+. The average molecular weight is 537 g/mol. The fourth-order valence-electron chi connectivity index (χ4n) is 1.91. The first-order valence-corrected chi connectivity index (χ1v) is 11.9. The lowest BCUT2D eigenvalue weighted by Gasteiger charge is -1.99. The summed E-state index contributed by atoms with van der Waals surface area (Å²) in [6.45, 7) is 4.20. The summed E-state index contributed by atoms with van der Waals surface area (Å²) in [6, 6.07) is 6.96. The van der Waals surface area contributed by atoms with Crippen LogP contribution in [0, 0.1) is 143 Å². The van der Waals surface area contributed by atoms with Crippen molar-refractivity contribution < 1.29 is 14.3 Å². The van der Waals surface area contributed by atoms with Gasteiger partial charge in [0, 0.05) is 47.2 Å². The Labute approximate surface area is 249 Å². The fourth-order valence-corrected chi connectivity index (χ4v) is 1.91. The lowest BCUT2D eigenvalue weighted by molar-refractivity contribution is -0.137. The quantitative estimate of drug-likeness (QED) is 0.184. The Kier molecular flexibility index (Phi) is 23.5. The molecule has 0 unspecified atom stereocenters. The molecule has 0 fully saturated rings. The van der Waals surface area contributed by atoms with Gasteiger partial charge in [-0.25, -0.2) is 4.79 Å². The van der Waals surface area contributed by atoms with Crippen LogP contribution in [0.5, 0.6) is 0 Å². The van der Waals surface area contributed by atoms with Gasteiger partial charge >= 0.3 is 5.97 Å². The van der Waals surface area contributed by atoms with Crippen LogP contribution < -0.4 is 0 Å². The zero-order chi connectivity index (χ0) is 30.8. The van der Waals surface area contributed by atoms with Crippen LogP contribution in [0.15, 0.2) is 30.3 Å². The van der Waals surface area contributed by atoms with Gasteiger partial charge in [-0.15, -0.1) is 6.42 Å². The van der Waals surface area contributed by atoms with Crippen molar-refractivity contribution in [2.24, 2.45) is 0 Å². The molecule has 0 saturated heterocycles. The Bertz CT molecular complexity index is 1880. The van der Waals surface area contributed by atoms with E-state index in [1.807, 2.05) is 6.92 Å². The molecule has 0 radical (unpaired) electrons. The normalized spacial score (nSPS) is 6.50. The number of esters is 1. The minimum atomic E-state index is -0.335. The molecule has 0 aliphatic rings. The average Bonchev–Trinajstić information content (AvgIpc) is 3.01. The van der Waals surface area contributed by atoms with Crippen LogP contribution in [0.4, 0.5) is 0 Å². The molecule has 42 heavy (non-hydrogen) atoms. The van der Waals surface area contributed by atoms with E-state index in [0.717, 1.165) is 24.7 Å². The number of benzene rings is 1. The molecule has 0 amide bonds. The second-order valence-corrected chi connectivity index (χ2v) is 6.66. The van der Waals surface area contributed by atoms with Gasteiger partial charge in [-0.2, -0.15) is 0 Å². The second-order valence-electron chi connectivity index (χ2n) is 6.66. The summed E-state index contributed by atoms with van der Waals surface area (Å²) in [4.78, 5) is 21.7. The van der Waals surface area contributed by atoms with Crippen molar-refractivity contribution >= 4 is 18.3 Å². The number of unbranched alkanes of at least 4 members (excludes halogenated alkanes) is 1. The van der Waals surface area contributed by atoms with Gasteiger partial charge in [0.1, 0.15) is 6.29 Å². The predicted octanol–water partition coefficient (Wildman–Crippen LogP) is 3.53. The number of carbonyl (C=O) groups excluding carboxylic acids is 2. The Morgan fingerprint density at radius 3 is 1.40 bits per heavy atom. The third-order valence-electron chi connectivity index (χ3n) is 3.67. The fraction of sp³-hybridized carbons (Fsp3) is 0.128. The molecule has 1 aromatic carbocycles. The van der Waals surface area contributed by atoms with Crippen molar-refractivity contribution in [3.8, 4) is 143 Å². The molecule has 1 aromatic rings. The summed E-state index contributed by atoms with van der Waals surface area (Å²) in [5.41, 5.74) is 1.48. The molecule has 194 valence electrons. The Morgan fingerprint density at radius 2 is 1.05 bits per heavy atom. The smallest absolute Gasteiger partial charge is 0.330 e. The molecule has 0 aromatic heterocycles. The molecule has 0 aliphatic heterocycles. The maximum Gasteiger partial charge on any atom is 0.330 e. The zero-order valence-electron chi connectivity index (χ0n) is 23.0. The maximum atomic E-state index is 11.2. The van der Waals surface area contributed by atoms with E-state index in [4.69, 9.17) is 11.2 Å². The molecule has 0 aliphatic carbocycles. The van der Waals surface area contributed by atoms with E-state index in [9.17, 15) is 9.59 Å².